The van der Waals surface area contributed by atoms with Crippen molar-refractivity contribution in [3.8, 4) is 0 Å². The van der Waals surface area contributed by atoms with E-state index in [4.69, 9.17) is 5.84 Å². The third kappa shape index (κ3) is 2.55. The molecule has 1 heterocycles. The SMILES string of the molecule is CC(C)CC(NN)c1cscn1. The number of hydrazine groups is 1. The lowest BCUT2D eigenvalue weighted by molar-refractivity contribution is 0.432. The van der Waals surface area contributed by atoms with Crippen LogP contribution >= 0.6 is 11.3 Å². The van der Waals surface area contributed by atoms with Crippen LogP contribution in [0.25, 0.3) is 0 Å². The molecule has 12 heavy (non-hydrogen) atoms. The molecule has 1 atom stereocenters. The Morgan fingerprint density at radius 1 is 1.67 bits per heavy atom. The maximum Gasteiger partial charge on any atom is 0.0795 e. The van der Waals surface area contributed by atoms with Gasteiger partial charge in [-0.05, 0) is 12.3 Å². The molecule has 0 aromatic carbocycles. The standard InChI is InChI=1S/C8H15N3S/c1-6(2)3-7(11-9)8-4-12-5-10-8/h4-7,11H,3,9H2,1-2H3. The van der Waals surface area contributed by atoms with Gasteiger partial charge in [-0.2, -0.15) is 0 Å². The van der Waals surface area contributed by atoms with Crippen LogP contribution in [0, 0.1) is 5.92 Å². The third-order valence-electron chi connectivity index (χ3n) is 1.72. The van der Waals surface area contributed by atoms with Crippen molar-refractivity contribution in [2.24, 2.45) is 11.8 Å². The number of aromatic nitrogens is 1. The zero-order valence-corrected chi connectivity index (χ0v) is 8.27. The first-order chi connectivity index (χ1) is 5.74. The number of nitrogens with two attached hydrogens (primary N) is 1. The number of rotatable bonds is 4. The van der Waals surface area contributed by atoms with E-state index < -0.39 is 0 Å². The van der Waals surface area contributed by atoms with Gasteiger partial charge < -0.3 is 0 Å². The molecule has 0 spiro atoms. The highest BCUT2D eigenvalue weighted by Gasteiger charge is 2.12. The Morgan fingerprint density at radius 2 is 2.42 bits per heavy atom. The Bertz CT molecular complexity index is 208. The van der Waals surface area contributed by atoms with Gasteiger partial charge >= 0.3 is 0 Å². The predicted molar refractivity (Wildman–Crippen MR) is 51.6 cm³/mol. The molecule has 0 radical (unpaired) electrons. The van der Waals surface area contributed by atoms with Crippen LogP contribution < -0.4 is 11.3 Å². The number of thiazole rings is 1. The highest BCUT2D eigenvalue weighted by molar-refractivity contribution is 7.07. The zero-order valence-electron chi connectivity index (χ0n) is 7.45. The molecule has 0 fully saturated rings. The molecule has 0 bridgehead atoms. The summed E-state index contributed by atoms with van der Waals surface area (Å²) in [5, 5.41) is 2.03. The molecule has 1 unspecified atom stereocenters. The molecule has 4 heteroatoms. The van der Waals surface area contributed by atoms with Gasteiger partial charge in [0.15, 0.2) is 0 Å². The predicted octanol–water partition coefficient (Wildman–Crippen LogP) is 1.69. The van der Waals surface area contributed by atoms with E-state index in [9.17, 15) is 0 Å². The number of nitrogens with one attached hydrogen (secondary N) is 1. The molecular formula is C8H15N3S. The van der Waals surface area contributed by atoms with Crippen LogP contribution in [-0.4, -0.2) is 4.98 Å². The smallest absolute Gasteiger partial charge is 0.0795 e. The van der Waals surface area contributed by atoms with Crippen molar-refractivity contribution in [3.05, 3.63) is 16.6 Å². The lowest BCUT2D eigenvalue weighted by Gasteiger charge is -2.15. The second-order valence-corrected chi connectivity index (χ2v) is 3.98. The highest BCUT2D eigenvalue weighted by Crippen LogP contribution is 2.19. The van der Waals surface area contributed by atoms with E-state index in [2.05, 4.69) is 24.3 Å². The van der Waals surface area contributed by atoms with Gasteiger partial charge in [-0.15, -0.1) is 11.3 Å². The van der Waals surface area contributed by atoms with Crippen molar-refractivity contribution in [3.63, 3.8) is 0 Å². The van der Waals surface area contributed by atoms with E-state index in [-0.39, 0.29) is 6.04 Å². The molecule has 68 valence electrons. The fraction of sp³-hybridized carbons (Fsp3) is 0.625. The van der Waals surface area contributed by atoms with Crippen molar-refractivity contribution in [2.75, 3.05) is 0 Å². The average Bonchev–Trinajstić information content (AvgIpc) is 2.51. The Hall–Kier alpha value is -0.450. The van der Waals surface area contributed by atoms with E-state index >= 15 is 0 Å². The Kier molecular flexibility index (Phi) is 3.65. The maximum atomic E-state index is 5.43. The van der Waals surface area contributed by atoms with E-state index in [1.54, 1.807) is 11.3 Å². The van der Waals surface area contributed by atoms with Crippen molar-refractivity contribution in [1.82, 2.24) is 10.4 Å². The van der Waals surface area contributed by atoms with E-state index in [0.29, 0.717) is 5.92 Å². The van der Waals surface area contributed by atoms with Crippen molar-refractivity contribution in [1.29, 1.82) is 0 Å². The summed E-state index contributed by atoms with van der Waals surface area (Å²) in [7, 11) is 0. The summed E-state index contributed by atoms with van der Waals surface area (Å²) in [5.41, 5.74) is 5.67. The minimum atomic E-state index is 0.205. The summed E-state index contributed by atoms with van der Waals surface area (Å²) >= 11 is 1.60. The van der Waals surface area contributed by atoms with Crippen LogP contribution in [-0.2, 0) is 0 Å². The van der Waals surface area contributed by atoms with Crippen LogP contribution in [0.4, 0.5) is 0 Å². The molecule has 1 aromatic heterocycles. The number of hydrogen-bond donors (Lipinski definition) is 2. The number of nitrogens with zero attached hydrogens (tertiary/aromatic N) is 1. The average molecular weight is 185 g/mol. The van der Waals surface area contributed by atoms with E-state index in [1.807, 2.05) is 10.9 Å². The highest BCUT2D eigenvalue weighted by atomic mass is 32.1. The number of hydrogen-bond acceptors (Lipinski definition) is 4. The van der Waals surface area contributed by atoms with Gasteiger partial charge in [0.1, 0.15) is 0 Å². The van der Waals surface area contributed by atoms with Crippen molar-refractivity contribution >= 4 is 11.3 Å². The van der Waals surface area contributed by atoms with Gasteiger partial charge in [-0.25, -0.2) is 4.98 Å². The summed E-state index contributed by atoms with van der Waals surface area (Å²) in [4.78, 5) is 4.22. The fourth-order valence-electron chi connectivity index (χ4n) is 1.14. The Morgan fingerprint density at radius 3 is 2.83 bits per heavy atom. The molecule has 0 saturated carbocycles. The Balaban J connectivity index is 2.57. The first-order valence-corrected chi connectivity index (χ1v) is 5.02. The summed E-state index contributed by atoms with van der Waals surface area (Å²) < 4.78 is 0. The topological polar surface area (TPSA) is 50.9 Å². The molecule has 0 aliphatic heterocycles. The molecule has 3 nitrogen and oxygen atoms in total. The lowest BCUT2D eigenvalue weighted by Crippen LogP contribution is -2.29. The van der Waals surface area contributed by atoms with Gasteiger partial charge in [0.25, 0.3) is 0 Å². The van der Waals surface area contributed by atoms with Crippen LogP contribution in [0.3, 0.4) is 0 Å². The van der Waals surface area contributed by atoms with Crippen LogP contribution in [0.15, 0.2) is 10.9 Å². The second-order valence-electron chi connectivity index (χ2n) is 3.26. The minimum absolute atomic E-state index is 0.205. The van der Waals surface area contributed by atoms with Gasteiger partial charge in [0.2, 0.25) is 0 Å². The van der Waals surface area contributed by atoms with Gasteiger partial charge in [-0.1, -0.05) is 13.8 Å². The fourth-order valence-corrected chi connectivity index (χ4v) is 1.75. The molecule has 0 saturated heterocycles. The van der Waals surface area contributed by atoms with Crippen LogP contribution in [0.1, 0.15) is 32.0 Å². The summed E-state index contributed by atoms with van der Waals surface area (Å²) in [6.45, 7) is 4.35. The van der Waals surface area contributed by atoms with Crippen molar-refractivity contribution in [2.45, 2.75) is 26.3 Å². The van der Waals surface area contributed by atoms with Crippen LogP contribution in [0.5, 0.6) is 0 Å². The van der Waals surface area contributed by atoms with Gasteiger partial charge in [-0.3, -0.25) is 11.3 Å². The van der Waals surface area contributed by atoms with E-state index in [1.165, 1.54) is 0 Å². The van der Waals surface area contributed by atoms with Crippen molar-refractivity contribution < 1.29 is 0 Å². The third-order valence-corrected chi connectivity index (χ3v) is 2.32. The normalized spacial score (nSPS) is 13.7. The largest absolute Gasteiger partial charge is 0.271 e. The first-order valence-electron chi connectivity index (χ1n) is 4.08. The summed E-state index contributed by atoms with van der Waals surface area (Å²) in [6.07, 6.45) is 1.03. The molecular weight excluding hydrogens is 170 g/mol. The summed E-state index contributed by atoms with van der Waals surface area (Å²) in [5.74, 6) is 6.06. The quantitative estimate of drug-likeness (QED) is 0.554. The molecule has 3 N–H and O–H groups in total. The van der Waals surface area contributed by atoms with Gasteiger partial charge in [0.05, 0.1) is 17.2 Å². The first kappa shape index (κ1) is 9.64. The van der Waals surface area contributed by atoms with Gasteiger partial charge in [0, 0.05) is 5.38 Å². The monoisotopic (exact) mass is 185 g/mol. The Labute approximate surface area is 77.0 Å². The summed E-state index contributed by atoms with van der Waals surface area (Å²) in [6, 6.07) is 0.205. The lowest BCUT2D eigenvalue weighted by atomic mass is 10.0. The molecule has 0 aliphatic carbocycles. The maximum absolute atomic E-state index is 5.43. The molecule has 0 amide bonds. The molecule has 1 rings (SSSR count). The molecule has 1 aromatic rings. The van der Waals surface area contributed by atoms with Crippen LogP contribution in [0.2, 0.25) is 0 Å². The van der Waals surface area contributed by atoms with E-state index in [0.717, 1.165) is 12.1 Å². The molecule has 0 aliphatic rings. The second kappa shape index (κ2) is 4.54. The zero-order chi connectivity index (χ0) is 8.97. The minimum Gasteiger partial charge on any atom is -0.271 e.